The van der Waals surface area contributed by atoms with E-state index in [1.54, 1.807) is 4.90 Å². The number of carbonyl (C=O) groups is 3. The summed E-state index contributed by atoms with van der Waals surface area (Å²) in [6, 6.07) is 3.18. The molecular formula is C13H14N2O5. The third-order valence-corrected chi connectivity index (χ3v) is 3.07. The van der Waals surface area contributed by atoms with E-state index in [9.17, 15) is 14.4 Å². The molecule has 106 valence electrons. The molecule has 1 saturated heterocycles. The van der Waals surface area contributed by atoms with Gasteiger partial charge < -0.3 is 20.4 Å². The highest BCUT2D eigenvalue weighted by Crippen LogP contribution is 2.17. The summed E-state index contributed by atoms with van der Waals surface area (Å²) in [6.07, 6.45) is 1.87. The second-order valence-corrected chi connectivity index (χ2v) is 4.53. The topological polar surface area (TPSA) is 107 Å². The molecule has 0 unspecified atom stereocenters. The lowest BCUT2D eigenvalue weighted by molar-refractivity contribution is 0.0696. The Morgan fingerprint density at radius 1 is 0.950 bits per heavy atom. The number of nitrogens with zero attached hydrogens (tertiary/aromatic N) is 1. The number of hydrogen-bond donors (Lipinski definition) is 3. The van der Waals surface area contributed by atoms with Crippen molar-refractivity contribution in [2.24, 2.45) is 0 Å². The molecule has 0 bridgehead atoms. The minimum atomic E-state index is -1.25. The molecule has 0 saturated carbocycles. The van der Waals surface area contributed by atoms with Crippen LogP contribution in [0.5, 0.6) is 0 Å². The Bertz CT molecular complexity index is 532. The summed E-state index contributed by atoms with van der Waals surface area (Å²) in [7, 11) is 0. The molecule has 1 aliphatic heterocycles. The van der Waals surface area contributed by atoms with Crippen LogP contribution in [-0.2, 0) is 0 Å². The lowest BCUT2D eigenvalue weighted by atomic mass is 10.1. The van der Waals surface area contributed by atoms with E-state index >= 15 is 0 Å². The van der Waals surface area contributed by atoms with Gasteiger partial charge in [0.1, 0.15) is 0 Å². The van der Waals surface area contributed by atoms with Crippen LogP contribution >= 0.6 is 0 Å². The number of anilines is 1. The van der Waals surface area contributed by atoms with Gasteiger partial charge in [0.25, 0.3) is 0 Å². The van der Waals surface area contributed by atoms with Gasteiger partial charge in [0.05, 0.1) is 11.1 Å². The standard InChI is InChI=1S/C13H14N2O5/c16-11(17)8-5-9(12(18)19)7-10(6-8)14-13(20)15-3-1-2-4-15/h5-7H,1-4H2,(H,14,20)(H,16,17)(H,18,19). The number of carbonyl (C=O) groups excluding carboxylic acids is 1. The van der Waals surface area contributed by atoms with E-state index in [0.29, 0.717) is 13.1 Å². The Labute approximate surface area is 114 Å². The average molecular weight is 278 g/mol. The minimum Gasteiger partial charge on any atom is -0.478 e. The van der Waals surface area contributed by atoms with Crippen molar-refractivity contribution in [2.45, 2.75) is 12.8 Å². The fraction of sp³-hybridized carbons (Fsp3) is 0.308. The van der Waals surface area contributed by atoms with E-state index in [0.717, 1.165) is 18.9 Å². The fourth-order valence-corrected chi connectivity index (χ4v) is 2.07. The molecule has 1 heterocycles. The van der Waals surface area contributed by atoms with E-state index < -0.39 is 11.9 Å². The first-order valence-electron chi connectivity index (χ1n) is 6.15. The van der Waals surface area contributed by atoms with Gasteiger partial charge in [-0.3, -0.25) is 0 Å². The third-order valence-electron chi connectivity index (χ3n) is 3.07. The summed E-state index contributed by atoms with van der Waals surface area (Å²) in [6.45, 7) is 1.30. The second-order valence-electron chi connectivity index (χ2n) is 4.53. The summed E-state index contributed by atoms with van der Waals surface area (Å²) in [5, 5.41) is 20.4. The van der Waals surface area contributed by atoms with Crippen LogP contribution in [0.3, 0.4) is 0 Å². The van der Waals surface area contributed by atoms with Crippen molar-refractivity contribution < 1.29 is 24.6 Å². The van der Waals surface area contributed by atoms with Gasteiger partial charge in [-0.25, -0.2) is 14.4 Å². The van der Waals surface area contributed by atoms with Gasteiger partial charge in [-0.1, -0.05) is 0 Å². The molecule has 2 amide bonds. The number of hydrogen-bond acceptors (Lipinski definition) is 3. The van der Waals surface area contributed by atoms with Crippen LogP contribution in [0.15, 0.2) is 18.2 Å². The van der Waals surface area contributed by atoms with E-state index in [2.05, 4.69) is 5.32 Å². The summed E-state index contributed by atoms with van der Waals surface area (Å²) < 4.78 is 0. The van der Waals surface area contributed by atoms with Crippen molar-refractivity contribution >= 4 is 23.7 Å². The molecule has 1 aliphatic rings. The molecule has 1 aromatic rings. The molecule has 2 rings (SSSR count). The third kappa shape index (κ3) is 3.05. The van der Waals surface area contributed by atoms with E-state index in [1.807, 2.05) is 0 Å². The quantitative estimate of drug-likeness (QED) is 0.780. The fourth-order valence-electron chi connectivity index (χ4n) is 2.07. The number of aromatic carboxylic acids is 2. The van der Waals surface area contributed by atoms with Gasteiger partial charge in [-0.2, -0.15) is 0 Å². The van der Waals surface area contributed by atoms with Crippen molar-refractivity contribution in [3.8, 4) is 0 Å². The Morgan fingerprint density at radius 3 is 1.90 bits per heavy atom. The van der Waals surface area contributed by atoms with Crippen LogP contribution < -0.4 is 5.32 Å². The predicted molar refractivity (Wildman–Crippen MR) is 70.2 cm³/mol. The maximum atomic E-state index is 11.9. The molecule has 0 radical (unpaired) electrons. The number of amides is 2. The lowest BCUT2D eigenvalue weighted by Crippen LogP contribution is -2.32. The Balaban J connectivity index is 2.23. The number of benzene rings is 1. The van der Waals surface area contributed by atoms with Crippen LogP contribution in [0.1, 0.15) is 33.6 Å². The summed E-state index contributed by atoms with van der Waals surface area (Å²) in [5.74, 6) is -2.49. The van der Waals surface area contributed by atoms with Gasteiger partial charge in [-0.15, -0.1) is 0 Å². The van der Waals surface area contributed by atoms with E-state index in [-0.39, 0.29) is 22.8 Å². The molecule has 0 spiro atoms. The maximum Gasteiger partial charge on any atom is 0.335 e. The zero-order valence-corrected chi connectivity index (χ0v) is 10.6. The van der Waals surface area contributed by atoms with Gasteiger partial charge in [0.2, 0.25) is 0 Å². The van der Waals surface area contributed by atoms with Gasteiger partial charge in [-0.05, 0) is 31.0 Å². The molecule has 7 heteroatoms. The zero-order valence-electron chi connectivity index (χ0n) is 10.6. The molecule has 3 N–H and O–H groups in total. The van der Waals surface area contributed by atoms with Crippen molar-refractivity contribution in [3.63, 3.8) is 0 Å². The molecule has 20 heavy (non-hydrogen) atoms. The van der Waals surface area contributed by atoms with Gasteiger partial charge in [0, 0.05) is 18.8 Å². The minimum absolute atomic E-state index is 0.166. The largest absolute Gasteiger partial charge is 0.478 e. The summed E-state index contributed by atoms with van der Waals surface area (Å²) in [4.78, 5) is 35.4. The monoisotopic (exact) mass is 278 g/mol. The van der Waals surface area contributed by atoms with E-state index in [4.69, 9.17) is 10.2 Å². The number of nitrogens with one attached hydrogen (secondary N) is 1. The highest BCUT2D eigenvalue weighted by atomic mass is 16.4. The molecule has 0 atom stereocenters. The van der Waals surface area contributed by atoms with Crippen molar-refractivity contribution in [1.82, 2.24) is 4.90 Å². The highest BCUT2D eigenvalue weighted by Gasteiger charge is 2.19. The molecular weight excluding hydrogens is 264 g/mol. The lowest BCUT2D eigenvalue weighted by Gasteiger charge is -2.16. The number of rotatable bonds is 3. The zero-order chi connectivity index (χ0) is 14.7. The second kappa shape index (κ2) is 5.60. The first-order chi connectivity index (χ1) is 9.47. The Hall–Kier alpha value is -2.57. The first kappa shape index (κ1) is 13.9. The van der Waals surface area contributed by atoms with Crippen LogP contribution in [0.2, 0.25) is 0 Å². The van der Waals surface area contributed by atoms with Crippen LogP contribution in [-0.4, -0.2) is 46.2 Å². The number of urea groups is 1. The first-order valence-corrected chi connectivity index (χ1v) is 6.15. The van der Waals surface area contributed by atoms with Crippen molar-refractivity contribution in [3.05, 3.63) is 29.3 Å². The SMILES string of the molecule is O=C(O)c1cc(NC(=O)N2CCCC2)cc(C(=O)O)c1. The Morgan fingerprint density at radius 2 is 1.45 bits per heavy atom. The van der Waals surface area contributed by atoms with Crippen molar-refractivity contribution in [2.75, 3.05) is 18.4 Å². The van der Waals surface area contributed by atoms with Crippen molar-refractivity contribution in [1.29, 1.82) is 0 Å². The molecule has 1 aromatic carbocycles. The van der Waals surface area contributed by atoms with Crippen LogP contribution in [0.4, 0.5) is 10.5 Å². The molecule has 1 fully saturated rings. The van der Waals surface area contributed by atoms with E-state index in [1.165, 1.54) is 12.1 Å². The molecule has 7 nitrogen and oxygen atoms in total. The normalized spacial score (nSPS) is 14.1. The average Bonchev–Trinajstić information content (AvgIpc) is 2.92. The Kier molecular flexibility index (Phi) is 3.88. The van der Waals surface area contributed by atoms with Gasteiger partial charge >= 0.3 is 18.0 Å². The predicted octanol–water partition coefficient (Wildman–Crippen LogP) is 1.71. The smallest absolute Gasteiger partial charge is 0.335 e. The summed E-state index contributed by atoms with van der Waals surface area (Å²) in [5.41, 5.74) is -0.192. The van der Waals surface area contributed by atoms with Crippen LogP contribution in [0.25, 0.3) is 0 Å². The molecule has 0 aliphatic carbocycles. The maximum absolute atomic E-state index is 11.9. The highest BCUT2D eigenvalue weighted by molar-refractivity contribution is 5.98. The number of likely N-dealkylation sites (tertiary alicyclic amines) is 1. The summed E-state index contributed by atoms with van der Waals surface area (Å²) >= 11 is 0. The number of carboxylic acids is 2. The van der Waals surface area contributed by atoms with Gasteiger partial charge in [0.15, 0.2) is 0 Å². The molecule has 0 aromatic heterocycles. The number of carboxylic acid groups (broad SMARTS) is 2. The van der Waals surface area contributed by atoms with Crippen LogP contribution in [0, 0.1) is 0 Å².